The molecule has 0 unspecified atom stereocenters. The zero-order valence-corrected chi connectivity index (χ0v) is 19.6. The van der Waals surface area contributed by atoms with Crippen molar-refractivity contribution in [3.05, 3.63) is 31.3 Å². The molecule has 2 aromatic rings. The summed E-state index contributed by atoms with van der Waals surface area (Å²) in [5.41, 5.74) is -1.40. The van der Waals surface area contributed by atoms with Gasteiger partial charge in [-0.15, -0.1) is 11.3 Å². The summed E-state index contributed by atoms with van der Waals surface area (Å²) in [5.74, 6) is -2.80. The molecule has 1 aliphatic heterocycles. The van der Waals surface area contributed by atoms with Crippen LogP contribution >= 0.6 is 11.3 Å². The fourth-order valence-electron chi connectivity index (χ4n) is 4.20. The lowest BCUT2D eigenvalue weighted by Gasteiger charge is -2.35. The highest BCUT2D eigenvalue weighted by Crippen LogP contribution is 2.44. The second-order valence-electron chi connectivity index (χ2n) is 8.47. The Morgan fingerprint density at radius 1 is 1.29 bits per heavy atom. The van der Waals surface area contributed by atoms with Crippen LogP contribution in [0.2, 0.25) is 0 Å². The number of carbonyl (C=O) groups excluding carboxylic acids is 1. The van der Waals surface area contributed by atoms with E-state index in [4.69, 9.17) is 0 Å². The van der Waals surface area contributed by atoms with Crippen molar-refractivity contribution in [2.24, 2.45) is 4.99 Å². The molecule has 192 valence electrons. The number of fused-ring (bicyclic) bond motifs is 1. The maximum Gasteiger partial charge on any atom is 0.413 e. The predicted molar refractivity (Wildman–Crippen MR) is 117 cm³/mol. The highest BCUT2D eigenvalue weighted by atomic mass is 32.1. The first-order valence-electron chi connectivity index (χ1n) is 10.7. The Hall–Kier alpha value is -2.97. The van der Waals surface area contributed by atoms with Gasteiger partial charge in [-0.2, -0.15) is 13.2 Å². The molecule has 3 heterocycles. The Balaban J connectivity index is 1.78. The van der Waals surface area contributed by atoms with Gasteiger partial charge in [0.25, 0.3) is 11.5 Å². The highest BCUT2D eigenvalue weighted by Gasteiger charge is 2.48. The molecule has 9 nitrogen and oxygen atoms in total. The largest absolute Gasteiger partial charge is 0.453 e. The van der Waals surface area contributed by atoms with Crippen LogP contribution in [0.25, 0.3) is 10.2 Å². The van der Waals surface area contributed by atoms with E-state index in [1.807, 2.05) is 0 Å². The van der Waals surface area contributed by atoms with Crippen LogP contribution in [0.5, 0.6) is 0 Å². The summed E-state index contributed by atoms with van der Waals surface area (Å²) < 4.78 is 72.0. The number of halogens is 5. The molecule has 2 aromatic heterocycles. The third-order valence-corrected chi connectivity index (χ3v) is 7.36. The Morgan fingerprint density at radius 2 is 1.97 bits per heavy atom. The number of ether oxygens (including phenoxy) is 1. The molecular formula is C20H22F5N5O4S. The number of aromatic nitrogens is 2. The van der Waals surface area contributed by atoms with Gasteiger partial charge in [0, 0.05) is 30.8 Å². The monoisotopic (exact) mass is 523 g/mol. The quantitative estimate of drug-likeness (QED) is 0.608. The van der Waals surface area contributed by atoms with E-state index in [2.05, 4.69) is 15.0 Å². The lowest BCUT2D eigenvalue weighted by molar-refractivity contribution is -0.136. The number of guanidine groups is 1. The van der Waals surface area contributed by atoms with Crippen LogP contribution in [0, 0.1) is 6.92 Å². The summed E-state index contributed by atoms with van der Waals surface area (Å²) in [7, 11) is 1.19. The number of carbonyl (C=O) groups is 1. The number of hydrogen-bond acceptors (Lipinski definition) is 7. The normalized spacial score (nSPS) is 18.0. The van der Waals surface area contributed by atoms with Gasteiger partial charge in [-0.25, -0.2) is 18.4 Å². The molecule has 0 atom stereocenters. The smallest absolute Gasteiger partial charge is 0.413 e. The van der Waals surface area contributed by atoms with Gasteiger partial charge in [0.05, 0.1) is 38.0 Å². The minimum absolute atomic E-state index is 0.0283. The van der Waals surface area contributed by atoms with Gasteiger partial charge >= 0.3 is 18.0 Å². The van der Waals surface area contributed by atoms with Crippen LogP contribution in [0.15, 0.2) is 14.6 Å². The maximum atomic E-state index is 13.5. The molecule has 1 fully saturated rings. The number of methoxy groups -OCH3 is 1. The number of thiophene rings is 1. The molecule has 0 saturated heterocycles. The first-order valence-corrected chi connectivity index (χ1v) is 11.5. The molecule has 4 rings (SSSR count). The van der Waals surface area contributed by atoms with Crippen LogP contribution in [-0.2, 0) is 17.8 Å². The first-order chi connectivity index (χ1) is 16.3. The number of rotatable bonds is 5. The van der Waals surface area contributed by atoms with E-state index in [-0.39, 0.29) is 22.7 Å². The Labute approximate surface area is 198 Å². The Kier molecular flexibility index (Phi) is 6.40. The van der Waals surface area contributed by atoms with Crippen LogP contribution in [0.3, 0.4) is 0 Å². The second-order valence-corrected chi connectivity index (χ2v) is 9.55. The number of hydrogen-bond donors (Lipinski definition) is 1. The van der Waals surface area contributed by atoms with E-state index in [9.17, 15) is 36.3 Å². The topological polar surface area (TPSA) is 97.9 Å². The van der Waals surface area contributed by atoms with Gasteiger partial charge in [-0.1, -0.05) is 0 Å². The highest BCUT2D eigenvalue weighted by molar-refractivity contribution is 7.18. The number of nitrogens with zero attached hydrogens (tertiary/aromatic N) is 4. The molecule has 15 heteroatoms. The van der Waals surface area contributed by atoms with E-state index < -0.39 is 61.3 Å². The molecule has 0 radical (unpaired) electrons. The lowest BCUT2D eigenvalue weighted by Crippen LogP contribution is -2.49. The zero-order valence-electron chi connectivity index (χ0n) is 18.7. The van der Waals surface area contributed by atoms with E-state index in [0.29, 0.717) is 28.1 Å². The number of aliphatic imine (C=N–C) groups is 1. The predicted octanol–water partition coefficient (Wildman–Crippen LogP) is 2.98. The number of alkyl carbamates (subject to hydrolysis) is 1. The molecule has 0 spiro atoms. The molecule has 0 aromatic carbocycles. The van der Waals surface area contributed by atoms with Gasteiger partial charge < -0.3 is 9.64 Å². The van der Waals surface area contributed by atoms with Crippen molar-refractivity contribution in [3.63, 3.8) is 0 Å². The summed E-state index contributed by atoms with van der Waals surface area (Å²) >= 11 is 0.982. The van der Waals surface area contributed by atoms with Crippen molar-refractivity contribution in [3.8, 4) is 0 Å². The third-order valence-electron chi connectivity index (χ3n) is 6.06. The Morgan fingerprint density at radius 3 is 2.57 bits per heavy atom. The van der Waals surface area contributed by atoms with Gasteiger partial charge in [0.1, 0.15) is 4.83 Å². The lowest BCUT2D eigenvalue weighted by atomic mass is 9.88. The summed E-state index contributed by atoms with van der Waals surface area (Å²) in [6.07, 6.45) is -8.07. The van der Waals surface area contributed by atoms with E-state index in [0.717, 1.165) is 15.9 Å². The second kappa shape index (κ2) is 8.91. The minimum atomic E-state index is -4.56. The van der Waals surface area contributed by atoms with Crippen molar-refractivity contribution >= 4 is 33.6 Å². The average Bonchev–Trinajstić information content (AvgIpc) is 3.30. The fraction of sp³-hybridized carbons (Fsp3) is 0.600. The third kappa shape index (κ3) is 4.90. The maximum absolute atomic E-state index is 13.5. The molecule has 0 bridgehead atoms. The number of amides is 1. The van der Waals surface area contributed by atoms with Crippen molar-refractivity contribution in [2.75, 3.05) is 20.2 Å². The van der Waals surface area contributed by atoms with E-state index in [1.54, 1.807) is 11.8 Å². The zero-order chi connectivity index (χ0) is 25.7. The van der Waals surface area contributed by atoms with E-state index >= 15 is 0 Å². The standard InChI is InChI=1S/C20H22F5N5O4S/c1-10-12(9-28-6-4-26-16(28)27-17(32)34-2)35-15-13(10)14(31)30(11-7-19(21,22)8-11)18(33)29(15)5-3-20(23,24)25/h11H,3-9H2,1-2H3,(H,26,27,32). The van der Waals surface area contributed by atoms with Gasteiger partial charge in [-0.05, 0) is 12.5 Å². The number of aryl methyl sites for hydroxylation is 2. The summed E-state index contributed by atoms with van der Waals surface area (Å²) in [5, 5.41) is 2.50. The number of nitrogens with one attached hydrogen (secondary N) is 1. The molecule has 1 amide bonds. The van der Waals surface area contributed by atoms with Crippen molar-refractivity contribution in [1.82, 2.24) is 19.4 Å². The molecule has 1 saturated carbocycles. The van der Waals surface area contributed by atoms with E-state index in [1.165, 1.54) is 7.11 Å². The van der Waals surface area contributed by atoms with Crippen LogP contribution < -0.4 is 16.6 Å². The molecular weight excluding hydrogens is 501 g/mol. The van der Waals surface area contributed by atoms with Crippen molar-refractivity contribution in [2.45, 2.75) is 57.4 Å². The van der Waals surface area contributed by atoms with Gasteiger partial charge in [0.2, 0.25) is 5.96 Å². The van der Waals surface area contributed by atoms with Crippen LogP contribution in [0.1, 0.15) is 35.7 Å². The molecule has 35 heavy (non-hydrogen) atoms. The summed E-state index contributed by atoms with van der Waals surface area (Å²) in [6, 6.07) is -1.09. The van der Waals surface area contributed by atoms with Crippen molar-refractivity contribution in [1.29, 1.82) is 0 Å². The molecule has 1 N–H and O–H groups in total. The van der Waals surface area contributed by atoms with Gasteiger partial charge in [-0.3, -0.25) is 24.2 Å². The van der Waals surface area contributed by atoms with Gasteiger partial charge in [0.15, 0.2) is 0 Å². The van der Waals surface area contributed by atoms with Crippen molar-refractivity contribution < 1.29 is 31.5 Å². The van der Waals surface area contributed by atoms with Crippen LogP contribution in [-0.4, -0.2) is 58.4 Å². The molecule has 2 aliphatic rings. The number of alkyl halides is 5. The first kappa shape index (κ1) is 25.1. The average molecular weight is 523 g/mol. The molecule has 1 aliphatic carbocycles. The SMILES string of the molecule is COC(=O)NC1=NCCN1Cc1sc2c(c1C)c(=O)n(C1CC(F)(F)C1)c(=O)n2CCC(F)(F)F. The summed E-state index contributed by atoms with van der Waals surface area (Å²) in [6.45, 7) is 1.80. The Bertz CT molecular complexity index is 1300. The minimum Gasteiger partial charge on any atom is -0.453 e. The summed E-state index contributed by atoms with van der Waals surface area (Å²) in [4.78, 5) is 44.4. The van der Waals surface area contributed by atoms with Crippen LogP contribution in [0.4, 0.5) is 26.7 Å². The fourth-order valence-corrected chi connectivity index (χ4v) is 5.53.